The Bertz CT molecular complexity index is 309. The molecule has 13 heavy (non-hydrogen) atoms. The van der Waals surface area contributed by atoms with Gasteiger partial charge in [0.2, 0.25) is 0 Å². The molecule has 1 aromatic rings. The monoisotopic (exact) mass is 179 g/mol. The topological polar surface area (TPSA) is 82.0 Å². The maximum atomic E-state index is 11.3. The first-order valence-corrected chi connectivity index (χ1v) is 4.08. The van der Waals surface area contributed by atoms with Crippen molar-refractivity contribution < 1.29 is 4.79 Å². The van der Waals surface area contributed by atoms with Crippen LogP contribution < -0.4 is 11.5 Å². The Labute approximate surface area is 77.0 Å². The Balaban J connectivity index is 2.75. The third-order valence-corrected chi connectivity index (χ3v) is 1.81. The lowest BCUT2D eigenvalue weighted by atomic mass is 10.1. The van der Waals surface area contributed by atoms with Crippen molar-refractivity contribution in [2.75, 3.05) is 5.73 Å². The highest BCUT2D eigenvalue weighted by Crippen LogP contribution is 2.09. The minimum absolute atomic E-state index is 0.0281. The first-order chi connectivity index (χ1) is 6.11. The summed E-state index contributed by atoms with van der Waals surface area (Å²) in [6, 6.07) is 1.23. The second kappa shape index (κ2) is 4.00. The molecule has 70 valence electrons. The zero-order valence-electron chi connectivity index (χ0n) is 7.53. The molecule has 4 nitrogen and oxygen atoms in total. The van der Waals surface area contributed by atoms with Gasteiger partial charge in [0.15, 0.2) is 5.78 Å². The number of nitrogen functional groups attached to an aromatic ring is 1. The van der Waals surface area contributed by atoms with E-state index < -0.39 is 6.04 Å². The smallest absolute Gasteiger partial charge is 0.153 e. The summed E-state index contributed by atoms with van der Waals surface area (Å²) in [5, 5.41) is 0. The van der Waals surface area contributed by atoms with E-state index in [-0.39, 0.29) is 12.2 Å². The number of Topliss-reactive ketones (excluding diaryl/α,β-unsaturated/α-hetero) is 1. The SMILES string of the molecule is CC(N)C(=O)Cc1cnccc1N. The molecular formula is C9H13N3O. The predicted molar refractivity (Wildman–Crippen MR) is 51.0 cm³/mol. The summed E-state index contributed by atoms with van der Waals surface area (Å²) in [4.78, 5) is 15.1. The quantitative estimate of drug-likeness (QED) is 0.690. The van der Waals surface area contributed by atoms with Crippen molar-refractivity contribution in [2.24, 2.45) is 5.73 Å². The fourth-order valence-electron chi connectivity index (χ4n) is 0.934. The van der Waals surface area contributed by atoms with Gasteiger partial charge in [0, 0.05) is 30.1 Å². The van der Waals surface area contributed by atoms with E-state index in [0.29, 0.717) is 5.69 Å². The summed E-state index contributed by atoms with van der Waals surface area (Å²) in [5.74, 6) is -0.0281. The first-order valence-electron chi connectivity index (χ1n) is 4.08. The van der Waals surface area contributed by atoms with Crippen molar-refractivity contribution in [2.45, 2.75) is 19.4 Å². The largest absolute Gasteiger partial charge is 0.398 e. The second-order valence-corrected chi connectivity index (χ2v) is 3.01. The van der Waals surface area contributed by atoms with Gasteiger partial charge in [-0.25, -0.2) is 0 Å². The maximum Gasteiger partial charge on any atom is 0.153 e. The van der Waals surface area contributed by atoms with E-state index in [0.717, 1.165) is 5.56 Å². The average Bonchev–Trinajstić information content (AvgIpc) is 2.08. The van der Waals surface area contributed by atoms with Crippen LogP contribution in [0.5, 0.6) is 0 Å². The number of anilines is 1. The van der Waals surface area contributed by atoms with E-state index in [1.807, 2.05) is 0 Å². The second-order valence-electron chi connectivity index (χ2n) is 3.01. The maximum absolute atomic E-state index is 11.3. The van der Waals surface area contributed by atoms with Crippen LogP contribution >= 0.6 is 0 Å². The van der Waals surface area contributed by atoms with Gasteiger partial charge >= 0.3 is 0 Å². The molecule has 4 heteroatoms. The number of carbonyl (C=O) groups excluding carboxylic acids is 1. The van der Waals surface area contributed by atoms with Gasteiger partial charge in [0.25, 0.3) is 0 Å². The Morgan fingerprint density at radius 2 is 2.38 bits per heavy atom. The summed E-state index contributed by atoms with van der Waals surface area (Å²) in [7, 11) is 0. The summed E-state index contributed by atoms with van der Waals surface area (Å²) in [6.45, 7) is 1.66. The Morgan fingerprint density at radius 1 is 1.69 bits per heavy atom. The molecule has 1 atom stereocenters. The summed E-state index contributed by atoms with van der Waals surface area (Å²) in [5.41, 5.74) is 12.4. The number of aromatic nitrogens is 1. The van der Waals surface area contributed by atoms with E-state index in [2.05, 4.69) is 4.98 Å². The highest BCUT2D eigenvalue weighted by molar-refractivity contribution is 5.86. The summed E-state index contributed by atoms with van der Waals surface area (Å²) in [6.07, 6.45) is 3.45. The fraction of sp³-hybridized carbons (Fsp3) is 0.333. The third-order valence-electron chi connectivity index (χ3n) is 1.81. The summed E-state index contributed by atoms with van der Waals surface area (Å²) < 4.78 is 0. The van der Waals surface area contributed by atoms with E-state index in [1.54, 1.807) is 25.4 Å². The Morgan fingerprint density at radius 3 is 2.92 bits per heavy atom. The molecule has 0 bridgehead atoms. The minimum atomic E-state index is -0.445. The highest BCUT2D eigenvalue weighted by Gasteiger charge is 2.10. The molecule has 1 aromatic heterocycles. The van der Waals surface area contributed by atoms with Gasteiger partial charge in [0.1, 0.15) is 0 Å². The molecule has 0 fully saturated rings. The fourth-order valence-corrected chi connectivity index (χ4v) is 0.934. The standard InChI is InChI=1S/C9H13N3O/c1-6(10)9(13)4-7-5-12-3-2-8(7)11/h2-3,5-6H,4,10H2,1H3,(H2,11,12). The normalized spacial score (nSPS) is 12.5. The predicted octanol–water partition coefficient (Wildman–Crippen LogP) is 0.123. The Hall–Kier alpha value is -1.42. The van der Waals surface area contributed by atoms with Gasteiger partial charge in [-0.1, -0.05) is 0 Å². The minimum Gasteiger partial charge on any atom is -0.398 e. The molecule has 1 heterocycles. The van der Waals surface area contributed by atoms with Crippen molar-refractivity contribution in [3.63, 3.8) is 0 Å². The molecule has 0 aromatic carbocycles. The first kappa shape index (κ1) is 9.67. The van der Waals surface area contributed by atoms with Gasteiger partial charge in [-0.15, -0.1) is 0 Å². The van der Waals surface area contributed by atoms with E-state index in [9.17, 15) is 4.79 Å². The molecular weight excluding hydrogens is 166 g/mol. The lowest BCUT2D eigenvalue weighted by Crippen LogP contribution is -2.28. The number of nitrogens with two attached hydrogens (primary N) is 2. The lowest BCUT2D eigenvalue weighted by molar-refractivity contribution is -0.119. The molecule has 1 unspecified atom stereocenters. The van der Waals surface area contributed by atoms with Crippen molar-refractivity contribution in [1.29, 1.82) is 0 Å². The highest BCUT2D eigenvalue weighted by atomic mass is 16.1. The van der Waals surface area contributed by atoms with Crippen LogP contribution in [-0.4, -0.2) is 16.8 Å². The molecule has 0 spiro atoms. The third kappa shape index (κ3) is 2.52. The van der Waals surface area contributed by atoms with Crippen LogP contribution in [-0.2, 0) is 11.2 Å². The molecule has 0 radical (unpaired) electrons. The number of nitrogens with zero attached hydrogens (tertiary/aromatic N) is 1. The van der Waals surface area contributed by atoms with Gasteiger partial charge in [-0.05, 0) is 13.0 Å². The molecule has 0 saturated heterocycles. The number of hydrogen-bond acceptors (Lipinski definition) is 4. The zero-order chi connectivity index (χ0) is 9.84. The summed E-state index contributed by atoms with van der Waals surface area (Å²) >= 11 is 0. The molecule has 0 aliphatic rings. The van der Waals surface area contributed by atoms with Gasteiger partial charge in [0.05, 0.1) is 6.04 Å². The number of ketones is 1. The molecule has 0 saturated carbocycles. The molecule has 0 aliphatic heterocycles. The number of rotatable bonds is 3. The van der Waals surface area contributed by atoms with Crippen LogP contribution in [0.25, 0.3) is 0 Å². The molecule has 4 N–H and O–H groups in total. The van der Waals surface area contributed by atoms with Crippen LogP contribution in [0.15, 0.2) is 18.5 Å². The van der Waals surface area contributed by atoms with E-state index >= 15 is 0 Å². The van der Waals surface area contributed by atoms with Crippen LogP contribution in [0, 0.1) is 0 Å². The van der Waals surface area contributed by atoms with E-state index in [4.69, 9.17) is 11.5 Å². The van der Waals surface area contributed by atoms with Gasteiger partial charge in [-0.3, -0.25) is 9.78 Å². The van der Waals surface area contributed by atoms with Crippen LogP contribution in [0.2, 0.25) is 0 Å². The van der Waals surface area contributed by atoms with Crippen LogP contribution in [0.3, 0.4) is 0 Å². The van der Waals surface area contributed by atoms with Gasteiger partial charge < -0.3 is 11.5 Å². The van der Waals surface area contributed by atoms with Crippen molar-refractivity contribution >= 4 is 11.5 Å². The average molecular weight is 179 g/mol. The van der Waals surface area contributed by atoms with Crippen LogP contribution in [0.1, 0.15) is 12.5 Å². The number of pyridine rings is 1. The van der Waals surface area contributed by atoms with Gasteiger partial charge in [-0.2, -0.15) is 0 Å². The number of carbonyl (C=O) groups is 1. The van der Waals surface area contributed by atoms with Crippen molar-refractivity contribution in [3.05, 3.63) is 24.0 Å². The number of hydrogen-bond donors (Lipinski definition) is 2. The van der Waals surface area contributed by atoms with E-state index in [1.165, 1.54) is 0 Å². The Kier molecular flexibility index (Phi) is 2.97. The zero-order valence-corrected chi connectivity index (χ0v) is 7.53. The molecule has 0 aliphatic carbocycles. The van der Waals surface area contributed by atoms with Crippen molar-refractivity contribution in [3.8, 4) is 0 Å². The molecule has 0 amide bonds. The molecule has 1 rings (SSSR count). The van der Waals surface area contributed by atoms with Crippen LogP contribution in [0.4, 0.5) is 5.69 Å². The lowest BCUT2D eigenvalue weighted by Gasteiger charge is -2.05. The van der Waals surface area contributed by atoms with Crippen molar-refractivity contribution in [1.82, 2.24) is 4.98 Å².